The number of nitrogens with one attached hydrogen (secondary N) is 1. The molecule has 0 spiro atoms. The first-order chi connectivity index (χ1) is 10.4. The Balaban J connectivity index is 1.43. The maximum atomic E-state index is 4.67. The van der Waals surface area contributed by atoms with Gasteiger partial charge in [0.05, 0.1) is 0 Å². The van der Waals surface area contributed by atoms with Gasteiger partial charge in [-0.15, -0.1) is 0 Å². The quantitative estimate of drug-likeness (QED) is 0.924. The number of aromatic nitrogens is 2. The van der Waals surface area contributed by atoms with Gasteiger partial charge in [0.2, 0.25) is 5.95 Å². The van der Waals surface area contributed by atoms with Gasteiger partial charge in [0.15, 0.2) is 0 Å². The molecule has 2 aliphatic carbocycles. The molecule has 1 aromatic heterocycles. The molecule has 0 aromatic carbocycles. The minimum absolute atomic E-state index is 0.697. The van der Waals surface area contributed by atoms with Crippen LogP contribution in [-0.4, -0.2) is 28.6 Å². The molecule has 2 atom stereocenters. The second kappa shape index (κ2) is 5.91. The molecule has 2 heterocycles. The normalized spacial score (nSPS) is 29.2. The number of rotatable bonds is 4. The van der Waals surface area contributed by atoms with Gasteiger partial charge in [0, 0.05) is 43.1 Å². The molecule has 1 aromatic rings. The van der Waals surface area contributed by atoms with Crippen LogP contribution in [0.3, 0.4) is 0 Å². The van der Waals surface area contributed by atoms with Crippen molar-refractivity contribution in [3.05, 3.63) is 18.0 Å². The molecule has 21 heavy (non-hydrogen) atoms. The summed E-state index contributed by atoms with van der Waals surface area (Å²) >= 11 is 0. The summed E-state index contributed by atoms with van der Waals surface area (Å²) < 4.78 is 0. The summed E-state index contributed by atoms with van der Waals surface area (Å²) in [7, 11) is 0. The maximum absolute atomic E-state index is 4.67. The summed E-state index contributed by atoms with van der Waals surface area (Å²) in [5.41, 5.74) is 1.21. The third-order valence-electron chi connectivity index (χ3n) is 5.36. The first-order valence-electron chi connectivity index (χ1n) is 8.71. The van der Waals surface area contributed by atoms with E-state index in [2.05, 4.69) is 20.2 Å². The van der Waals surface area contributed by atoms with Gasteiger partial charge in [-0.2, -0.15) is 0 Å². The lowest BCUT2D eigenvalue weighted by Crippen LogP contribution is -2.47. The van der Waals surface area contributed by atoms with E-state index in [4.69, 9.17) is 0 Å². The predicted molar refractivity (Wildman–Crippen MR) is 84.2 cm³/mol. The van der Waals surface area contributed by atoms with Crippen molar-refractivity contribution in [2.24, 2.45) is 5.92 Å². The Bertz CT molecular complexity index is 466. The molecular formula is C17H26N4. The minimum atomic E-state index is 0.697. The molecule has 1 N–H and O–H groups in total. The molecule has 2 saturated carbocycles. The number of hydrogen-bond acceptors (Lipinski definition) is 4. The Morgan fingerprint density at radius 1 is 1.00 bits per heavy atom. The summed E-state index contributed by atoms with van der Waals surface area (Å²) in [6.07, 6.45) is 14.9. The first kappa shape index (κ1) is 13.5. The van der Waals surface area contributed by atoms with Crippen molar-refractivity contribution in [3.63, 3.8) is 0 Å². The average molecular weight is 286 g/mol. The Morgan fingerprint density at radius 2 is 1.76 bits per heavy atom. The van der Waals surface area contributed by atoms with Crippen molar-refractivity contribution in [2.75, 3.05) is 11.4 Å². The van der Waals surface area contributed by atoms with Crippen LogP contribution in [-0.2, 0) is 6.54 Å². The zero-order valence-electron chi connectivity index (χ0n) is 12.8. The summed E-state index contributed by atoms with van der Waals surface area (Å²) in [4.78, 5) is 11.8. The first-order valence-corrected chi connectivity index (χ1v) is 8.71. The number of anilines is 1. The molecule has 4 heteroatoms. The Kier molecular flexibility index (Phi) is 3.80. The van der Waals surface area contributed by atoms with Gasteiger partial charge in [-0.1, -0.05) is 12.8 Å². The highest BCUT2D eigenvalue weighted by Gasteiger charge is 2.34. The van der Waals surface area contributed by atoms with Gasteiger partial charge in [0.25, 0.3) is 0 Å². The number of fused-ring (bicyclic) bond motifs is 1. The van der Waals surface area contributed by atoms with Crippen LogP contribution in [0.4, 0.5) is 5.95 Å². The van der Waals surface area contributed by atoms with Crippen molar-refractivity contribution >= 4 is 5.95 Å². The molecule has 1 aliphatic heterocycles. The molecule has 0 amide bonds. The van der Waals surface area contributed by atoms with E-state index in [1.807, 2.05) is 12.4 Å². The predicted octanol–water partition coefficient (Wildman–Crippen LogP) is 2.89. The minimum Gasteiger partial charge on any atom is -0.338 e. The van der Waals surface area contributed by atoms with Crippen LogP contribution >= 0.6 is 0 Å². The van der Waals surface area contributed by atoms with Crippen LogP contribution in [0.2, 0.25) is 0 Å². The third kappa shape index (κ3) is 3.05. The van der Waals surface area contributed by atoms with E-state index in [0.29, 0.717) is 6.04 Å². The van der Waals surface area contributed by atoms with Gasteiger partial charge in [-0.25, -0.2) is 9.97 Å². The Labute approximate surface area is 127 Å². The summed E-state index contributed by atoms with van der Waals surface area (Å²) in [5.74, 6) is 1.84. The summed E-state index contributed by atoms with van der Waals surface area (Å²) in [6.45, 7) is 2.05. The zero-order valence-corrected chi connectivity index (χ0v) is 12.8. The highest BCUT2D eigenvalue weighted by atomic mass is 15.3. The van der Waals surface area contributed by atoms with Crippen molar-refractivity contribution < 1.29 is 0 Å². The van der Waals surface area contributed by atoms with Gasteiger partial charge in [-0.05, 0) is 44.4 Å². The summed E-state index contributed by atoms with van der Waals surface area (Å²) in [5, 5.41) is 3.52. The van der Waals surface area contributed by atoms with Gasteiger partial charge >= 0.3 is 0 Å². The highest BCUT2D eigenvalue weighted by Crippen LogP contribution is 2.36. The molecular weight excluding hydrogens is 260 g/mol. The van der Waals surface area contributed by atoms with Crippen LogP contribution in [0.15, 0.2) is 12.4 Å². The van der Waals surface area contributed by atoms with E-state index in [1.54, 1.807) is 0 Å². The lowest BCUT2D eigenvalue weighted by Gasteiger charge is -2.44. The number of nitrogens with zero attached hydrogens (tertiary/aromatic N) is 3. The highest BCUT2D eigenvalue weighted by molar-refractivity contribution is 5.33. The standard InChI is InChI=1S/C17H26N4/c1-2-6-16-14(4-1)5-3-9-21(16)17-19-11-13(12-20-17)10-18-15-7-8-15/h11-12,14-16,18H,1-10H2. The van der Waals surface area contributed by atoms with Crippen molar-refractivity contribution in [1.82, 2.24) is 15.3 Å². The molecule has 3 aliphatic rings. The third-order valence-corrected chi connectivity index (χ3v) is 5.36. The van der Waals surface area contributed by atoms with E-state index in [1.165, 1.54) is 56.9 Å². The van der Waals surface area contributed by atoms with Gasteiger partial charge in [-0.3, -0.25) is 0 Å². The zero-order chi connectivity index (χ0) is 14.1. The van der Waals surface area contributed by atoms with Crippen LogP contribution < -0.4 is 10.2 Å². The second-order valence-corrected chi connectivity index (χ2v) is 6.99. The molecule has 114 valence electrons. The van der Waals surface area contributed by atoms with Crippen molar-refractivity contribution in [1.29, 1.82) is 0 Å². The van der Waals surface area contributed by atoms with Crippen molar-refractivity contribution in [3.8, 4) is 0 Å². The van der Waals surface area contributed by atoms with E-state index < -0.39 is 0 Å². The second-order valence-electron chi connectivity index (χ2n) is 6.99. The molecule has 1 saturated heterocycles. The van der Waals surface area contributed by atoms with E-state index >= 15 is 0 Å². The molecule has 0 bridgehead atoms. The topological polar surface area (TPSA) is 41.1 Å². The number of hydrogen-bond donors (Lipinski definition) is 1. The fourth-order valence-electron chi connectivity index (χ4n) is 4.01. The van der Waals surface area contributed by atoms with Crippen molar-refractivity contribution in [2.45, 2.75) is 70.0 Å². The Morgan fingerprint density at radius 3 is 2.57 bits per heavy atom. The monoisotopic (exact) mass is 286 g/mol. The molecule has 4 rings (SSSR count). The molecule has 2 unspecified atom stereocenters. The average Bonchev–Trinajstić information content (AvgIpc) is 3.37. The maximum Gasteiger partial charge on any atom is 0.225 e. The largest absolute Gasteiger partial charge is 0.338 e. The molecule has 0 radical (unpaired) electrons. The summed E-state index contributed by atoms with van der Waals surface area (Å²) in [6, 6.07) is 1.44. The fraction of sp³-hybridized carbons (Fsp3) is 0.765. The van der Waals surface area contributed by atoms with Crippen LogP contribution in [0.5, 0.6) is 0 Å². The van der Waals surface area contributed by atoms with E-state index in [9.17, 15) is 0 Å². The SMILES string of the molecule is c1nc(N2CCCC3CCCCC32)ncc1CNC1CC1. The van der Waals surface area contributed by atoms with E-state index in [0.717, 1.165) is 31.0 Å². The lowest BCUT2D eigenvalue weighted by molar-refractivity contribution is 0.241. The lowest BCUT2D eigenvalue weighted by atomic mass is 9.78. The van der Waals surface area contributed by atoms with E-state index in [-0.39, 0.29) is 0 Å². The van der Waals surface area contributed by atoms with Crippen LogP contribution in [0.25, 0.3) is 0 Å². The smallest absolute Gasteiger partial charge is 0.225 e. The Hall–Kier alpha value is -1.16. The van der Waals surface area contributed by atoms with Crippen LogP contribution in [0.1, 0.15) is 56.9 Å². The van der Waals surface area contributed by atoms with Crippen LogP contribution in [0, 0.1) is 5.92 Å². The molecule has 3 fully saturated rings. The molecule has 4 nitrogen and oxygen atoms in total. The van der Waals surface area contributed by atoms with Gasteiger partial charge < -0.3 is 10.2 Å². The van der Waals surface area contributed by atoms with Gasteiger partial charge in [0.1, 0.15) is 0 Å². The fourth-order valence-corrected chi connectivity index (χ4v) is 4.01. The number of piperidine rings is 1.